The topological polar surface area (TPSA) is 0 Å². The molecule has 0 aromatic carbocycles. The van der Waals surface area contributed by atoms with Crippen molar-refractivity contribution in [3.05, 3.63) is 6.43 Å². The Bertz CT molecular complexity index is 26.5. The average Bonchev–Trinajstić information content (AvgIpc) is 1.36. The molecule has 0 saturated carbocycles. The molecular weight excluding hydrogens is 100 g/mol. The van der Waals surface area contributed by atoms with E-state index in [1.54, 1.807) is 0 Å². The van der Waals surface area contributed by atoms with Crippen LogP contribution in [0.2, 0.25) is 0 Å². The number of alkyl halides is 2. The lowest BCUT2D eigenvalue weighted by Crippen LogP contribution is -1.92. The molecule has 0 rings (SSSR count). The second kappa shape index (κ2) is 2.00. The third-order valence-corrected chi connectivity index (χ3v) is 0.165. The molecule has 0 saturated heterocycles. The number of hydrogen-bond donors (Lipinski definition) is 0. The molecule has 0 aliphatic carbocycles. The maximum atomic E-state index is 10.4. The number of hydrogen-bond acceptors (Lipinski definition) is 0. The zero-order chi connectivity index (χ0) is 5.15. The van der Waals surface area contributed by atoms with E-state index in [0.29, 0.717) is 0 Å². The molecule has 0 fully saturated rings. The largest absolute Gasteiger partial charge is 0.415 e. The molecule has 0 aliphatic rings. The molecule has 0 nitrogen and oxygen atoms in total. The van der Waals surface area contributed by atoms with Gasteiger partial charge < -0.3 is 8.78 Å². The quantitative estimate of drug-likeness (QED) is 0.348. The predicted molar refractivity (Wildman–Crippen MR) is 11.5 cm³/mol. The van der Waals surface area contributed by atoms with Crippen LogP contribution >= 0.6 is 0 Å². The van der Waals surface area contributed by atoms with Gasteiger partial charge in [0.2, 0.25) is 0 Å². The van der Waals surface area contributed by atoms with E-state index in [2.05, 4.69) is 0 Å². The number of rotatable bonds is 1. The van der Waals surface area contributed by atoms with E-state index in [4.69, 9.17) is 0 Å². The highest BCUT2D eigenvalue weighted by Gasteiger charge is 1.99. The molecule has 0 bridgehead atoms. The Labute approximate surface area is 31.8 Å². The van der Waals surface area contributed by atoms with E-state index >= 15 is 0 Å². The smallest absolute Gasteiger partial charge is 0.178 e. The third kappa shape index (κ3) is 1.99. The Morgan fingerprint density at radius 1 is 1.17 bits per heavy atom. The van der Waals surface area contributed by atoms with Crippen LogP contribution in [0.25, 0.3) is 0 Å². The summed E-state index contributed by atoms with van der Waals surface area (Å²) in [6, 6.07) is 0. The van der Waals surface area contributed by atoms with Crippen molar-refractivity contribution in [2.45, 2.75) is 6.43 Å². The van der Waals surface area contributed by atoms with Crippen LogP contribution in [0.5, 0.6) is 0 Å². The van der Waals surface area contributed by atoms with Crippen molar-refractivity contribution in [2.24, 2.45) is 0 Å². The van der Waals surface area contributed by atoms with Gasteiger partial charge in [-0.15, -0.1) is 0 Å². The first-order chi connectivity index (χ1) is 2.64. The molecule has 0 aromatic heterocycles. The van der Waals surface area contributed by atoms with Gasteiger partial charge in [-0.2, -0.15) is 0 Å². The molecule has 0 unspecified atom stereocenters. The Morgan fingerprint density at radius 3 is 1.33 bits per heavy atom. The van der Waals surface area contributed by atoms with Crippen molar-refractivity contribution in [2.75, 3.05) is 0 Å². The van der Waals surface area contributed by atoms with Gasteiger partial charge in [0.05, 0.1) is 6.43 Å². The van der Waals surface area contributed by atoms with Crippen LogP contribution in [0.1, 0.15) is 0 Å². The molecule has 4 heteroatoms. The molecule has 0 atom stereocenters. The third-order valence-electron chi connectivity index (χ3n) is 0.165. The van der Waals surface area contributed by atoms with E-state index in [0.717, 1.165) is 0 Å². The second-order valence-electron chi connectivity index (χ2n) is 0.590. The lowest BCUT2D eigenvalue weighted by Gasteiger charge is -2.05. The minimum atomic E-state index is -3.56. The highest BCUT2D eigenvalue weighted by atomic mass is 19.3. The summed E-state index contributed by atoms with van der Waals surface area (Å²) in [5.74, 6) is 0. The van der Waals surface area contributed by atoms with Crippen LogP contribution in [0.3, 0.4) is 0 Å². The van der Waals surface area contributed by atoms with E-state index in [1.165, 1.54) is 0 Å². The van der Waals surface area contributed by atoms with Crippen LogP contribution in [-0.2, 0) is 0 Å². The monoisotopic (exact) mass is 101 g/mol. The zero-order valence-electron chi connectivity index (χ0n) is 2.59. The van der Waals surface area contributed by atoms with Gasteiger partial charge in [0, 0.05) is 0 Å². The average molecular weight is 101 g/mol. The molecule has 0 radical (unpaired) electrons. The summed E-state index contributed by atoms with van der Waals surface area (Å²) in [5.41, 5.74) is 0. The second-order valence-corrected chi connectivity index (χ2v) is 0.590. The first-order valence-corrected chi connectivity index (χ1v) is 1.10. The highest BCUT2D eigenvalue weighted by Crippen LogP contribution is 2.13. The van der Waals surface area contributed by atoms with E-state index in [9.17, 15) is 17.6 Å². The Hall–Kier alpha value is -0.280. The van der Waals surface area contributed by atoms with Gasteiger partial charge in [0.25, 0.3) is 0 Å². The van der Waals surface area contributed by atoms with Crippen LogP contribution in [0.15, 0.2) is 0 Å². The molecule has 0 N–H and O–H groups in total. The molecule has 38 valence electrons. The van der Waals surface area contributed by atoms with E-state index in [1.807, 2.05) is 0 Å². The molecule has 0 aliphatic heterocycles. The van der Waals surface area contributed by atoms with Crippen LogP contribution < -0.4 is 0 Å². The van der Waals surface area contributed by atoms with Gasteiger partial charge >= 0.3 is 0 Å². The van der Waals surface area contributed by atoms with E-state index < -0.39 is 12.9 Å². The maximum absolute atomic E-state index is 10.4. The van der Waals surface area contributed by atoms with Crippen molar-refractivity contribution in [1.29, 1.82) is 0 Å². The summed E-state index contributed by atoms with van der Waals surface area (Å²) in [4.78, 5) is 0. The molecule has 0 spiro atoms. The molecule has 0 amide bonds. The zero-order valence-corrected chi connectivity index (χ0v) is 2.59. The highest BCUT2D eigenvalue weighted by molar-refractivity contribution is 4.59. The summed E-state index contributed by atoms with van der Waals surface area (Å²) in [5, 5.41) is 0. The first kappa shape index (κ1) is 5.72. The van der Waals surface area contributed by atoms with Crippen molar-refractivity contribution >= 4 is 0 Å². The molecule has 0 aromatic rings. The summed E-state index contributed by atoms with van der Waals surface area (Å²) in [7, 11) is 0. The van der Waals surface area contributed by atoms with Crippen molar-refractivity contribution in [3.8, 4) is 0 Å². The molecule has 6 heavy (non-hydrogen) atoms. The first-order valence-electron chi connectivity index (χ1n) is 1.10. The summed E-state index contributed by atoms with van der Waals surface area (Å²) >= 11 is 0. The van der Waals surface area contributed by atoms with Gasteiger partial charge in [0.1, 0.15) is 0 Å². The lowest BCUT2D eigenvalue weighted by atomic mass is 10.8. The summed E-state index contributed by atoms with van der Waals surface area (Å²) in [6.45, 7) is 0. The minimum absolute atomic E-state index is 2.82. The van der Waals surface area contributed by atoms with Crippen molar-refractivity contribution < 1.29 is 17.6 Å². The molecular formula is C2HF4-. The Kier molecular flexibility index (Phi) is 1.90. The minimum Gasteiger partial charge on any atom is -0.415 e. The SMILES string of the molecule is F[C-](F)C(F)F. The van der Waals surface area contributed by atoms with E-state index in [-0.39, 0.29) is 0 Å². The fourth-order valence-electron chi connectivity index (χ4n) is 0. The standard InChI is InChI=1S/C2HF4/c3-1(4)2(5)6/h1H/q-1. The Morgan fingerprint density at radius 2 is 1.33 bits per heavy atom. The summed E-state index contributed by atoms with van der Waals surface area (Å²) in [6.07, 6.45) is -6.39. The fraction of sp³-hybridized carbons (Fsp3) is 0.500. The number of halogens is 4. The van der Waals surface area contributed by atoms with Crippen molar-refractivity contribution in [1.82, 2.24) is 0 Å². The predicted octanol–water partition coefficient (Wildman–Crippen LogP) is 1.68. The summed E-state index contributed by atoms with van der Waals surface area (Å²) < 4.78 is 41.4. The van der Waals surface area contributed by atoms with Crippen LogP contribution in [0.4, 0.5) is 17.6 Å². The normalized spacial score (nSPS) is 11.0. The lowest BCUT2D eigenvalue weighted by molar-refractivity contribution is 0.0559. The Balaban J connectivity index is 2.99. The van der Waals surface area contributed by atoms with Crippen LogP contribution in [0, 0.1) is 6.43 Å². The van der Waals surface area contributed by atoms with Gasteiger partial charge in [-0.1, -0.05) is 0 Å². The van der Waals surface area contributed by atoms with Gasteiger partial charge in [-0.3, -0.25) is 0 Å². The van der Waals surface area contributed by atoms with Gasteiger partial charge in [0.15, 0.2) is 6.43 Å². The molecule has 0 heterocycles. The maximum Gasteiger partial charge on any atom is 0.178 e. The van der Waals surface area contributed by atoms with Crippen molar-refractivity contribution in [3.63, 3.8) is 0 Å². The van der Waals surface area contributed by atoms with Gasteiger partial charge in [-0.05, 0) is 0 Å². The van der Waals surface area contributed by atoms with Gasteiger partial charge in [-0.25, -0.2) is 8.78 Å². The fourth-order valence-corrected chi connectivity index (χ4v) is 0. The van der Waals surface area contributed by atoms with Crippen LogP contribution in [-0.4, -0.2) is 6.43 Å².